The number of ether oxygens (including phenoxy) is 2. The van der Waals surface area contributed by atoms with Gasteiger partial charge in [-0.05, 0) is 40.8 Å². The van der Waals surface area contributed by atoms with Crippen molar-refractivity contribution in [2.24, 2.45) is 0 Å². The zero-order valence-electron chi connectivity index (χ0n) is 20.1. The van der Waals surface area contributed by atoms with Gasteiger partial charge in [0.25, 0.3) is 11.6 Å². The zero-order chi connectivity index (χ0) is 25.1. The number of nitrogens with zero attached hydrogens (tertiary/aromatic N) is 1. The molecule has 0 spiro atoms. The van der Waals surface area contributed by atoms with Gasteiger partial charge in [0.05, 0.1) is 26.0 Å². The molecule has 1 aromatic heterocycles. The molecule has 2 N–H and O–H groups in total. The van der Waals surface area contributed by atoms with Crippen molar-refractivity contribution in [1.82, 2.24) is 9.97 Å². The Labute approximate surface area is 199 Å². The highest BCUT2D eigenvalue weighted by Crippen LogP contribution is 2.38. The topological polar surface area (TPSA) is 110 Å². The molecule has 3 aromatic rings. The Balaban J connectivity index is 2.09. The van der Waals surface area contributed by atoms with E-state index in [9.17, 15) is 13.2 Å². The van der Waals surface area contributed by atoms with Gasteiger partial charge in [-0.3, -0.25) is 14.5 Å². The first-order valence-electron chi connectivity index (χ1n) is 10.5. The van der Waals surface area contributed by atoms with Crippen molar-refractivity contribution in [3.8, 4) is 22.9 Å². The molecule has 3 rings (SSSR count). The predicted octanol–water partition coefficient (Wildman–Crippen LogP) is 4.29. The summed E-state index contributed by atoms with van der Waals surface area (Å²) in [4.78, 5) is 19.4. The molecule has 0 atom stereocenters. The molecule has 0 radical (unpaired) electrons. The van der Waals surface area contributed by atoms with Crippen LogP contribution >= 0.6 is 0 Å². The number of anilines is 1. The van der Waals surface area contributed by atoms with Gasteiger partial charge in [-0.2, -0.15) is 0 Å². The molecule has 0 amide bonds. The highest BCUT2D eigenvalue weighted by molar-refractivity contribution is 7.92. The lowest BCUT2D eigenvalue weighted by atomic mass is 9.83. The van der Waals surface area contributed by atoms with Gasteiger partial charge in [0.2, 0.25) is 10.0 Å². The molecular formula is C25H29N3O5S. The molecule has 34 heavy (non-hydrogen) atoms. The first-order chi connectivity index (χ1) is 15.9. The van der Waals surface area contributed by atoms with Crippen molar-refractivity contribution < 1.29 is 17.9 Å². The summed E-state index contributed by atoms with van der Waals surface area (Å²) < 4.78 is 36.1. The van der Waals surface area contributed by atoms with E-state index in [4.69, 9.17) is 9.47 Å². The Hall–Kier alpha value is -3.59. The van der Waals surface area contributed by atoms with Gasteiger partial charge in [-0.25, -0.2) is 13.4 Å². The molecule has 1 heterocycles. The van der Waals surface area contributed by atoms with Gasteiger partial charge in [-0.15, -0.1) is 0 Å². The first-order valence-corrected chi connectivity index (χ1v) is 12.4. The fraction of sp³-hybridized carbons (Fsp3) is 0.280. The van der Waals surface area contributed by atoms with Crippen LogP contribution in [0.15, 0.2) is 47.4 Å². The summed E-state index contributed by atoms with van der Waals surface area (Å²) in [5.74, 6) is 0.709. The van der Waals surface area contributed by atoms with Gasteiger partial charge in [0.1, 0.15) is 5.75 Å². The molecule has 180 valence electrons. The maximum atomic E-state index is 12.7. The van der Waals surface area contributed by atoms with Crippen LogP contribution in [-0.2, 0) is 15.4 Å². The van der Waals surface area contributed by atoms with E-state index in [0.29, 0.717) is 22.6 Å². The van der Waals surface area contributed by atoms with Crippen molar-refractivity contribution in [2.45, 2.75) is 26.2 Å². The molecule has 0 unspecified atom stereocenters. The Kier molecular flexibility index (Phi) is 7.16. The second kappa shape index (κ2) is 9.72. The number of nitrogens with one attached hydrogen (secondary N) is 2. The summed E-state index contributed by atoms with van der Waals surface area (Å²) in [5.41, 5.74) is 3.65. The van der Waals surface area contributed by atoms with E-state index in [1.165, 1.54) is 13.3 Å². The van der Waals surface area contributed by atoms with Gasteiger partial charge in [-0.1, -0.05) is 45.1 Å². The minimum Gasteiger partial charge on any atom is -0.496 e. The van der Waals surface area contributed by atoms with Crippen molar-refractivity contribution >= 4 is 27.9 Å². The van der Waals surface area contributed by atoms with Crippen molar-refractivity contribution in [3.05, 3.63) is 69.6 Å². The van der Waals surface area contributed by atoms with Crippen LogP contribution in [0.3, 0.4) is 0 Å². The molecular weight excluding hydrogens is 454 g/mol. The molecule has 2 aromatic carbocycles. The molecule has 0 bridgehead atoms. The number of H-pyrrole nitrogens is 1. The normalized spacial score (nSPS) is 12.1. The molecule has 0 aliphatic heterocycles. The number of aromatic nitrogens is 2. The number of hydrogen-bond acceptors (Lipinski definition) is 6. The standard InChI is InChI=1S/C25H29N3O5S/c1-25(2,3)21-14-18(20-15-26-24(33-5)27-23(20)29)13-17(22(21)32-4)10-7-16-8-11-19(12-9-16)28-34(6,30)31/h7-15,28H,1-6H3,(H,26,27,29). The van der Waals surface area contributed by atoms with Crippen LogP contribution in [0.5, 0.6) is 11.8 Å². The summed E-state index contributed by atoms with van der Waals surface area (Å²) in [7, 11) is -0.278. The van der Waals surface area contributed by atoms with Crippen molar-refractivity contribution in [2.75, 3.05) is 25.2 Å². The molecule has 0 fully saturated rings. The quantitative estimate of drug-likeness (QED) is 0.485. The monoisotopic (exact) mass is 483 g/mol. The minimum atomic E-state index is -3.34. The molecule has 0 saturated carbocycles. The van der Waals surface area contributed by atoms with E-state index in [0.717, 1.165) is 22.9 Å². The summed E-state index contributed by atoms with van der Waals surface area (Å²) >= 11 is 0. The van der Waals surface area contributed by atoms with Gasteiger partial charge < -0.3 is 9.47 Å². The third kappa shape index (κ3) is 6.05. The van der Waals surface area contributed by atoms with Gasteiger partial charge in [0.15, 0.2) is 0 Å². The minimum absolute atomic E-state index is 0.146. The molecule has 0 aliphatic rings. The van der Waals surface area contributed by atoms with Crippen LogP contribution < -0.4 is 19.8 Å². The van der Waals surface area contributed by atoms with Crippen LogP contribution in [0.25, 0.3) is 23.3 Å². The molecule has 0 aliphatic carbocycles. The summed E-state index contributed by atoms with van der Waals surface area (Å²) in [6, 6.07) is 11.0. The number of methoxy groups -OCH3 is 2. The lowest BCUT2D eigenvalue weighted by molar-refractivity contribution is 0.378. The van der Waals surface area contributed by atoms with E-state index >= 15 is 0 Å². The van der Waals surface area contributed by atoms with E-state index in [1.807, 2.05) is 36.4 Å². The first kappa shape index (κ1) is 25.0. The van der Waals surface area contributed by atoms with E-state index in [-0.39, 0.29) is 17.0 Å². The van der Waals surface area contributed by atoms with E-state index in [2.05, 4.69) is 35.5 Å². The maximum Gasteiger partial charge on any atom is 0.296 e. The number of rotatable bonds is 7. The largest absolute Gasteiger partial charge is 0.496 e. The average Bonchev–Trinajstić information content (AvgIpc) is 2.76. The Bertz CT molecular complexity index is 1370. The molecule has 0 saturated heterocycles. The van der Waals surface area contributed by atoms with Crippen LogP contribution in [0.1, 0.15) is 37.5 Å². The Morgan fingerprint density at radius 3 is 2.24 bits per heavy atom. The van der Waals surface area contributed by atoms with Gasteiger partial charge in [0, 0.05) is 23.0 Å². The second-order valence-electron chi connectivity index (χ2n) is 8.86. The zero-order valence-corrected chi connectivity index (χ0v) is 20.9. The lowest BCUT2D eigenvalue weighted by Crippen LogP contribution is -2.15. The number of aromatic amines is 1. The number of benzene rings is 2. The smallest absolute Gasteiger partial charge is 0.296 e. The Morgan fingerprint density at radius 2 is 1.71 bits per heavy atom. The van der Waals surface area contributed by atoms with Crippen LogP contribution in [-0.4, -0.2) is 38.9 Å². The van der Waals surface area contributed by atoms with Crippen molar-refractivity contribution in [1.29, 1.82) is 0 Å². The summed E-state index contributed by atoms with van der Waals surface area (Å²) in [6.45, 7) is 6.23. The summed E-state index contributed by atoms with van der Waals surface area (Å²) in [5, 5.41) is 0. The second-order valence-corrected chi connectivity index (χ2v) is 10.6. The number of hydrogen-bond donors (Lipinski definition) is 2. The fourth-order valence-electron chi connectivity index (χ4n) is 3.47. The predicted molar refractivity (Wildman–Crippen MR) is 136 cm³/mol. The fourth-order valence-corrected chi connectivity index (χ4v) is 4.03. The number of sulfonamides is 1. The average molecular weight is 484 g/mol. The third-order valence-corrected chi connectivity index (χ3v) is 5.69. The summed E-state index contributed by atoms with van der Waals surface area (Å²) in [6.07, 6.45) is 6.40. The van der Waals surface area contributed by atoms with Crippen LogP contribution in [0, 0.1) is 0 Å². The van der Waals surface area contributed by atoms with Crippen molar-refractivity contribution in [3.63, 3.8) is 0 Å². The third-order valence-electron chi connectivity index (χ3n) is 5.08. The highest BCUT2D eigenvalue weighted by Gasteiger charge is 2.23. The van der Waals surface area contributed by atoms with E-state index in [1.54, 1.807) is 19.2 Å². The lowest BCUT2D eigenvalue weighted by Gasteiger charge is -2.24. The SMILES string of the molecule is COc1ncc(-c2cc(C=Cc3ccc(NS(C)(=O)=O)cc3)c(OC)c(C(C)(C)C)c2)c(=O)[nH]1. The maximum absolute atomic E-state index is 12.7. The van der Waals surface area contributed by atoms with E-state index < -0.39 is 10.0 Å². The highest BCUT2D eigenvalue weighted by atomic mass is 32.2. The van der Waals surface area contributed by atoms with Crippen LogP contribution in [0.2, 0.25) is 0 Å². The van der Waals surface area contributed by atoms with Crippen LogP contribution in [0.4, 0.5) is 5.69 Å². The Morgan fingerprint density at radius 1 is 1.03 bits per heavy atom. The van der Waals surface area contributed by atoms with Gasteiger partial charge >= 0.3 is 0 Å². The molecule has 8 nitrogen and oxygen atoms in total. The molecule has 9 heteroatoms.